The monoisotopic (exact) mass is 395 g/mol. The zero-order valence-corrected chi connectivity index (χ0v) is 15.7. The second-order valence-electron chi connectivity index (χ2n) is 5.88. The molecule has 3 N–H and O–H groups in total. The van der Waals surface area contributed by atoms with Gasteiger partial charge in [0.15, 0.2) is 11.5 Å². The molecule has 0 bridgehead atoms. The average Bonchev–Trinajstić information content (AvgIpc) is 2.66. The Kier molecular flexibility index (Phi) is 6.29. The molecular formula is C18H21NO7S. The van der Waals surface area contributed by atoms with Gasteiger partial charge in [-0.3, -0.25) is 0 Å². The molecular weight excluding hydrogens is 374 g/mol. The van der Waals surface area contributed by atoms with E-state index < -0.39 is 43.7 Å². The summed E-state index contributed by atoms with van der Waals surface area (Å²) in [7, 11) is -1.86. The summed E-state index contributed by atoms with van der Waals surface area (Å²) in [5, 5.41) is 29.5. The van der Waals surface area contributed by atoms with Gasteiger partial charge in [0.2, 0.25) is 15.8 Å². The Balaban J connectivity index is 2.26. The minimum Gasteiger partial charge on any atom is -0.504 e. The number of aromatic hydroxyl groups is 3. The fourth-order valence-electron chi connectivity index (χ4n) is 2.53. The van der Waals surface area contributed by atoms with E-state index in [2.05, 4.69) is 4.74 Å². The number of benzene rings is 2. The molecule has 0 spiro atoms. The minimum atomic E-state index is -4.22. The van der Waals surface area contributed by atoms with Gasteiger partial charge in [-0.1, -0.05) is 30.3 Å². The van der Waals surface area contributed by atoms with Gasteiger partial charge in [0.25, 0.3) is 0 Å². The highest BCUT2D eigenvalue weighted by molar-refractivity contribution is 7.89. The summed E-state index contributed by atoms with van der Waals surface area (Å²) in [6, 6.07) is 10.3. The fraction of sp³-hybridized carbons (Fsp3) is 0.278. The third-order valence-electron chi connectivity index (χ3n) is 4.09. The molecule has 27 heavy (non-hydrogen) atoms. The Morgan fingerprint density at radius 3 is 2.30 bits per heavy atom. The largest absolute Gasteiger partial charge is 0.504 e. The van der Waals surface area contributed by atoms with Crippen LogP contribution in [0.25, 0.3) is 0 Å². The highest BCUT2D eigenvalue weighted by Crippen LogP contribution is 2.43. The number of phenolic OH excluding ortho intramolecular Hbond substituents is 3. The first-order valence-corrected chi connectivity index (χ1v) is 9.50. The van der Waals surface area contributed by atoms with E-state index in [4.69, 9.17) is 0 Å². The van der Waals surface area contributed by atoms with Crippen molar-refractivity contribution in [2.75, 3.05) is 20.7 Å². The Hall–Kier alpha value is -2.78. The number of ether oxygens (including phenoxy) is 1. The number of hydrogen-bond acceptors (Lipinski definition) is 7. The lowest BCUT2D eigenvalue weighted by Gasteiger charge is -2.19. The van der Waals surface area contributed by atoms with Crippen molar-refractivity contribution in [2.24, 2.45) is 0 Å². The maximum Gasteiger partial charge on any atom is 0.341 e. The summed E-state index contributed by atoms with van der Waals surface area (Å²) in [5.41, 5.74) is 0.491. The summed E-state index contributed by atoms with van der Waals surface area (Å²) in [4.78, 5) is 11.0. The number of aryl methyl sites for hydroxylation is 1. The minimum absolute atomic E-state index is 0.145. The van der Waals surface area contributed by atoms with Crippen molar-refractivity contribution in [3.05, 3.63) is 47.5 Å². The molecule has 9 heteroatoms. The Morgan fingerprint density at radius 1 is 1.07 bits per heavy atom. The lowest BCUT2D eigenvalue weighted by molar-refractivity contribution is 0.0596. The van der Waals surface area contributed by atoms with Crippen molar-refractivity contribution in [1.82, 2.24) is 4.31 Å². The Labute approximate surface area is 157 Å². The van der Waals surface area contributed by atoms with Gasteiger partial charge in [0.1, 0.15) is 10.5 Å². The summed E-state index contributed by atoms with van der Waals surface area (Å²) >= 11 is 0. The molecule has 0 saturated heterocycles. The first kappa shape index (κ1) is 20.5. The van der Waals surface area contributed by atoms with Gasteiger partial charge >= 0.3 is 5.97 Å². The van der Waals surface area contributed by atoms with Crippen LogP contribution in [0, 0.1) is 0 Å². The molecule has 0 radical (unpaired) electrons. The molecule has 0 heterocycles. The van der Waals surface area contributed by atoms with E-state index in [1.54, 1.807) is 0 Å². The van der Waals surface area contributed by atoms with E-state index in [1.807, 2.05) is 30.3 Å². The van der Waals surface area contributed by atoms with Gasteiger partial charge < -0.3 is 20.1 Å². The number of sulfonamides is 1. The SMILES string of the molecule is COC(=O)c1cc(S(=O)(=O)N(C)CCCc2ccccc2)c(O)c(O)c1O. The van der Waals surface area contributed by atoms with Gasteiger partial charge in [0.05, 0.1) is 7.11 Å². The lowest BCUT2D eigenvalue weighted by atomic mass is 10.1. The van der Waals surface area contributed by atoms with Crippen molar-refractivity contribution in [3.8, 4) is 17.2 Å². The van der Waals surface area contributed by atoms with Gasteiger partial charge in [-0.15, -0.1) is 0 Å². The lowest BCUT2D eigenvalue weighted by Crippen LogP contribution is -2.28. The zero-order chi connectivity index (χ0) is 20.2. The number of carbonyl (C=O) groups is 1. The van der Waals surface area contributed by atoms with E-state index in [9.17, 15) is 28.5 Å². The number of hydrogen-bond donors (Lipinski definition) is 3. The van der Waals surface area contributed by atoms with Gasteiger partial charge in [-0.25, -0.2) is 17.5 Å². The third kappa shape index (κ3) is 4.32. The number of carbonyl (C=O) groups excluding carboxylic acids is 1. The Morgan fingerprint density at radius 2 is 1.70 bits per heavy atom. The van der Waals surface area contributed by atoms with Crippen LogP contribution in [0.15, 0.2) is 41.3 Å². The first-order chi connectivity index (χ1) is 12.7. The standard InChI is InChI=1S/C18H21NO7S/c1-19(10-6-9-12-7-4-3-5-8-12)27(24,25)14-11-13(18(23)26-2)15(20)17(22)16(14)21/h3-5,7-8,11,20-22H,6,9-10H2,1-2H3. The summed E-state index contributed by atoms with van der Waals surface area (Å²) < 4.78 is 30.9. The maximum absolute atomic E-state index is 12.7. The number of esters is 1. The van der Waals surface area contributed by atoms with Crippen LogP contribution < -0.4 is 0 Å². The molecule has 0 aromatic heterocycles. The van der Waals surface area contributed by atoms with E-state index in [0.29, 0.717) is 12.8 Å². The third-order valence-corrected chi connectivity index (χ3v) is 5.96. The van der Waals surface area contributed by atoms with E-state index >= 15 is 0 Å². The second-order valence-corrected chi connectivity index (χ2v) is 7.89. The molecule has 0 aliphatic heterocycles. The normalized spacial score (nSPS) is 11.5. The van der Waals surface area contributed by atoms with Crippen LogP contribution >= 0.6 is 0 Å². The van der Waals surface area contributed by atoms with Crippen LogP contribution in [0.4, 0.5) is 0 Å². The van der Waals surface area contributed by atoms with E-state index in [-0.39, 0.29) is 6.54 Å². The molecule has 0 atom stereocenters. The summed E-state index contributed by atoms with van der Waals surface area (Å²) in [5.74, 6) is -4.14. The molecule has 8 nitrogen and oxygen atoms in total. The van der Waals surface area contributed by atoms with Crippen molar-refractivity contribution in [2.45, 2.75) is 17.7 Å². The molecule has 146 valence electrons. The van der Waals surface area contributed by atoms with Crippen molar-refractivity contribution < 1.29 is 33.3 Å². The molecule has 0 aliphatic carbocycles. The van der Waals surface area contributed by atoms with Crippen molar-refractivity contribution in [1.29, 1.82) is 0 Å². The predicted octanol–water partition coefficient (Wildman–Crippen LogP) is 1.84. The molecule has 2 aromatic carbocycles. The second kappa shape index (κ2) is 8.28. The molecule has 2 rings (SSSR count). The predicted molar refractivity (Wildman–Crippen MR) is 97.4 cm³/mol. The molecule has 0 fully saturated rings. The van der Waals surface area contributed by atoms with E-state index in [1.165, 1.54) is 7.05 Å². The average molecular weight is 395 g/mol. The van der Waals surface area contributed by atoms with Crippen LogP contribution in [0.5, 0.6) is 17.2 Å². The van der Waals surface area contributed by atoms with Gasteiger partial charge in [0, 0.05) is 13.6 Å². The van der Waals surface area contributed by atoms with Crippen LogP contribution in [-0.4, -0.2) is 54.7 Å². The number of nitrogens with zero attached hydrogens (tertiary/aromatic N) is 1. The van der Waals surface area contributed by atoms with Gasteiger partial charge in [-0.05, 0) is 24.5 Å². The maximum atomic E-state index is 12.7. The van der Waals surface area contributed by atoms with Crippen LogP contribution in [0.2, 0.25) is 0 Å². The summed E-state index contributed by atoms with van der Waals surface area (Å²) in [6.07, 6.45) is 1.18. The topological polar surface area (TPSA) is 124 Å². The van der Waals surface area contributed by atoms with E-state index in [0.717, 1.165) is 23.0 Å². The molecule has 0 aliphatic rings. The first-order valence-electron chi connectivity index (χ1n) is 8.06. The number of phenols is 3. The van der Waals surface area contributed by atoms with Crippen LogP contribution in [-0.2, 0) is 21.2 Å². The number of methoxy groups -OCH3 is 1. The molecule has 0 amide bonds. The molecule has 0 unspecified atom stereocenters. The van der Waals surface area contributed by atoms with Crippen LogP contribution in [0.3, 0.4) is 0 Å². The zero-order valence-electron chi connectivity index (χ0n) is 14.9. The van der Waals surface area contributed by atoms with Gasteiger partial charge in [-0.2, -0.15) is 0 Å². The fourth-order valence-corrected chi connectivity index (χ4v) is 3.84. The molecule has 0 saturated carbocycles. The number of rotatable bonds is 7. The van der Waals surface area contributed by atoms with Crippen molar-refractivity contribution >= 4 is 16.0 Å². The highest BCUT2D eigenvalue weighted by Gasteiger charge is 2.31. The highest BCUT2D eigenvalue weighted by atomic mass is 32.2. The quantitative estimate of drug-likeness (QED) is 0.483. The summed E-state index contributed by atoms with van der Waals surface area (Å²) in [6.45, 7) is 0.145. The Bertz CT molecular complexity index is 926. The van der Waals surface area contributed by atoms with Crippen molar-refractivity contribution in [3.63, 3.8) is 0 Å². The molecule has 2 aromatic rings. The van der Waals surface area contributed by atoms with Crippen LogP contribution in [0.1, 0.15) is 22.3 Å². The smallest absolute Gasteiger partial charge is 0.341 e.